The molecule has 1 saturated heterocycles. The van der Waals surface area contributed by atoms with E-state index in [0.29, 0.717) is 6.54 Å². The minimum absolute atomic E-state index is 0.0783. The van der Waals surface area contributed by atoms with Crippen molar-refractivity contribution >= 4 is 32.6 Å². The second-order valence-corrected chi connectivity index (χ2v) is 8.06. The minimum atomic E-state index is 0.0783. The second-order valence-electron chi connectivity index (χ2n) is 7.05. The number of carbonyl (C=O) groups excluding carboxylic acids is 1. The zero-order chi connectivity index (χ0) is 19.5. The van der Waals surface area contributed by atoms with Gasteiger partial charge in [-0.3, -0.25) is 4.79 Å². The number of nitrogens with zero attached hydrogens (tertiary/aromatic N) is 4. The summed E-state index contributed by atoms with van der Waals surface area (Å²) in [5.74, 6) is 2.06. The molecule has 0 bridgehead atoms. The number of ether oxygens (including phenoxy) is 1. The maximum absolute atomic E-state index is 12.5. The number of thiazole rings is 1. The van der Waals surface area contributed by atoms with Crippen LogP contribution >= 0.6 is 11.3 Å². The van der Waals surface area contributed by atoms with Gasteiger partial charge in [-0.15, -0.1) is 0 Å². The molecule has 148 valence electrons. The molecule has 4 rings (SSSR count). The number of aryl methyl sites for hydroxylation is 1. The Labute approximate surface area is 168 Å². The Morgan fingerprint density at radius 2 is 2.18 bits per heavy atom. The van der Waals surface area contributed by atoms with Crippen LogP contribution in [0.25, 0.3) is 10.2 Å². The van der Waals surface area contributed by atoms with E-state index in [9.17, 15) is 4.79 Å². The molecule has 0 spiro atoms. The van der Waals surface area contributed by atoms with Gasteiger partial charge in [-0.05, 0) is 38.0 Å². The molecule has 1 N–H and O–H groups in total. The number of benzene rings is 1. The fourth-order valence-corrected chi connectivity index (χ4v) is 4.62. The number of anilines is 1. The van der Waals surface area contributed by atoms with Crippen LogP contribution in [0.15, 0.2) is 30.6 Å². The lowest BCUT2D eigenvalue weighted by molar-refractivity contribution is -0.125. The van der Waals surface area contributed by atoms with Crippen LogP contribution in [0, 0.1) is 12.8 Å². The minimum Gasteiger partial charge on any atom is -0.497 e. The summed E-state index contributed by atoms with van der Waals surface area (Å²) in [6.07, 6.45) is 5.43. The number of rotatable bonds is 6. The van der Waals surface area contributed by atoms with E-state index in [1.54, 1.807) is 24.6 Å². The summed E-state index contributed by atoms with van der Waals surface area (Å²) in [5.41, 5.74) is 0.996. The topological polar surface area (TPSA) is 72.3 Å². The van der Waals surface area contributed by atoms with Crippen molar-refractivity contribution in [3.05, 3.63) is 36.4 Å². The Bertz CT molecular complexity index is 959. The summed E-state index contributed by atoms with van der Waals surface area (Å²) in [6, 6.07) is 5.96. The molecule has 0 saturated carbocycles. The Balaban J connectivity index is 1.29. The largest absolute Gasteiger partial charge is 0.497 e. The van der Waals surface area contributed by atoms with Crippen LogP contribution < -0.4 is 15.0 Å². The third kappa shape index (κ3) is 3.96. The Morgan fingerprint density at radius 3 is 2.89 bits per heavy atom. The second kappa shape index (κ2) is 8.18. The summed E-state index contributed by atoms with van der Waals surface area (Å²) >= 11 is 1.68. The van der Waals surface area contributed by atoms with E-state index in [0.717, 1.165) is 59.4 Å². The van der Waals surface area contributed by atoms with Crippen molar-refractivity contribution in [2.45, 2.75) is 26.3 Å². The van der Waals surface area contributed by atoms with Crippen LogP contribution in [0.5, 0.6) is 5.75 Å². The number of nitrogens with one attached hydrogen (secondary N) is 1. The number of hydrogen-bond donors (Lipinski definition) is 1. The van der Waals surface area contributed by atoms with Crippen LogP contribution in [0.3, 0.4) is 0 Å². The third-order valence-electron chi connectivity index (χ3n) is 5.30. The molecule has 28 heavy (non-hydrogen) atoms. The highest BCUT2D eigenvalue weighted by Crippen LogP contribution is 2.33. The van der Waals surface area contributed by atoms with Gasteiger partial charge >= 0.3 is 0 Å². The third-order valence-corrected chi connectivity index (χ3v) is 6.38. The summed E-state index contributed by atoms with van der Waals surface area (Å²) in [4.78, 5) is 23.7. The summed E-state index contributed by atoms with van der Waals surface area (Å²) in [5, 5.41) is 4.10. The average Bonchev–Trinajstić information content (AvgIpc) is 3.33. The van der Waals surface area contributed by atoms with E-state index in [4.69, 9.17) is 9.72 Å². The lowest BCUT2D eigenvalue weighted by Gasteiger charge is -2.31. The van der Waals surface area contributed by atoms with Gasteiger partial charge in [-0.2, -0.15) is 0 Å². The van der Waals surface area contributed by atoms with Crippen molar-refractivity contribution < 1.29 is 9.53 Å². The van der Waals surface area contributed by atoms with E-state index in [1.807, 2.05) is 35.9 Å². The van der Waals surface area contributed by atoms with Crippen LogP contribution in [-0.2, 0) is 11.3 Å². The summed E-state index contributed by atoms with van der Waals surface area (Å²) < 4.78 is 8.47. The number of hydrogen-bond acceptors (Lipinski definition) is 6. The van der Waals surface area contributed by atoms with Gasteiger partial charge in [-0.1, -0.05) is 11.3 Å². The molecule has 3 aromatic rings. The van der Waals surface area contributed by atoms with Gasteiger partial charge in [-0.25, -0.2) is 9.97 Å². The first kappa shape index (κ1) is 18.7. The van der Waals surface area contributed by atoms with Crippen molar-refractivity contribution in [2.24, 2.45) is 5.92 Å². The molecule has 7 nitrogen and oxygen atoms in total. The molecule has 0 unspecified atom stereocenters. The molecule has 1 aliphatic heterocycles. The van der Waals surface area contributed by atoms with Crippen LogP contribution in [0.1, 0.15) is 18.7 Å². The van der Waals surface area contributed by atoms with Crippen molar-refractivity contribution in [1.29, 1.82) is 0 Å². The van der Waals surface area contributed by atoms with Gasteiger partial charge in [0.2, 0.25) is 5.91 Å². The van der Waals surface area contributed by atoms with Crippen LogP contribution in [-0.4, -0.2) is 47.2 Å². The first-order valence-corrected chi connectivity index (χ1v) is 10.4. The number of aromatic nitrogens is 3. The van der Waals surface area contributed by atoms with Gasteiger partial charge in [0, 0.05) is 44.5 Å². The number of amides is 1. The smallest absolute Gasteiger partial charge is 0.223 e. The molecule has 8 heteroatoms. The highest BCUT2D eigenvalue weighted by molar-refractivity contribution is 7.22. The number of fused-ring (bicyclic) bond motifs is 1. The van der Waals surface area contributed by atoms with Gasteiger partial charge in [0.15, 0.2) is 5.13 Å². The van der Waals surface area contributed by atoms with Crippen molar-refractivity contribution in [3.8, 4) is 5.75 Å². The van der Waals surface area contributed by atoms with Crippen LogP contribution in [0.2, 0.25) is 0 Å². The lowest BCUT2D eigenvalue weighted by atomic mass is 9.96. The maximum Gasteiger partial charge on any atom is 0.223 e. The zero-order valence-corrected chi connectivity index (χ0v) is 17.0. The van der Waals surface area contributed by atoms with Crippen molar-refractivity contribution in [2.75, 3.05) is 31.6 Å². The predicted octanol–water partition coefficient (Wildman–Crippen LogP) is 2.84. The standard InChI is InChI=1S/C20H25N5O2S/c1-14-21-7-11-24(14)12-8-22-19(26)15-5-9-25(10-6-15)20-23-17-4-3-16(27-2)13-18(17)28-20/h3-4,7,11,13,15H,5-6,8-10,12H2,1-2H3,(H,22,26). The Kier molecular flexibility index (Phi) is 5.47. The predicted molar refractivity (Wildman–Crippen MR) is 111 cm³/mol. The quantitative estimate of drug-likeness (QED) is 0.690. The Hall–Kier alpha value is -2.61. The fraction of sp³-hybridized carbons (Fsp3) is 0.450. The number of piperidine rings is 1. The molecule has 2 aromatic heterocycles. The molecular formula is C20H25N5O2S. The molecule has 0 radical (unpaired) electrons. The van der Waals surface area contributed by atoms with Gasteiger partial charge < -0.3 is 19.5 Å². The van der Waals surface area contributed by atoms with E-state index in [2.05, 4.69) is 15.2 Å². The first-order valence-electron chi connectivity index (χ1n) is 9.59. The van der Waals surface area contributed by atoms with Crippen molar-refractivity contribution in [1.82, 2.24) is 19.9 Å². The van der Waals surface area contributed by atoms with E-state index >= 15 is 0 Å². The molecule has 0 aliphatic carbocycles. The normalized spacial score (nSPS) is 15.1. The average molecular weight is 400 g/mol. The monoisotopic (exact) mass is 399 g/mol. The number of imidazole rings is 1. The summed E-state index contributed by atoms with van der Waals surface area (Å²) in [7, 11) is 1.68. The maximum atomic E-state index is 12.5. The lowest BCUT2D eigenvalue weighted by Crippen LogP contribution is -2.41. The fourth-order valence-electron chi connectivity index (χ4n) is 3.57. The zero-order valence-electron chi connectivity index (χ0n) is 16.2. The number of carbonyl (C=O) groups is 1. The molecule has 1 aromatic carbocycles. The van der Waals surface area contributed by atoms with Crippen molar-refractivity contribution in [3.63, 3.8) is 0 Å². The molecule has 1 amide bonds. The molecule has 1 fully saturated rings. The van der Waals surface area contributed by atoms with Gasteiger partial charge in [0.05, 0.1) is 17.3 Å². The van der Waals surface area contributed by atoms with E-state index in [1.165, 1.54) is 0 Å². The molecular weight excluding hydrogens is 374 g/mol. The highest BCUT2D eigenvalue weighted by Gasteiger charge is 2.26. The Morgan fingerprint density at radius 1 is 1.36 bits per heavy atom. The van der Waals surface area contributed by atoms with Crippen LogP contribution in [0.4, 0.5) is 5.13 Å². The number of methoxy groups -OCH3 is 1. The first-order chi connectivity index (χ1) is 13.6. The van der Waals surface area contributed by atoms with E-state index in [-0.39, 0.29) is 11.8 Å². The van der Waals surface area contributed by atoms with Gasteiger partial charge in [0.1, 0.15) is 11.6 Å². The van der Waals surface area contributed by atoms with E-state index < -0.39 is 0 Å². The SMILES string of the molecule is COc1ccc2nc(N3CCC(C(=O)NCCn4ccnc4C)CC3)sc2c1. The molecule has 3 heterocycles. The van der Waals surface area contributed by atoms with Gasteiger partial charge in [0.25, 0.3) is 0 Å². The summed E-state index contributed by atoms with van der Waals surface area (Å²) in [6.45, 7) is 5.07. The molecule has 0 atom stereocenters. The molecule has 1 aliphatic rings. The highest BCUT2D eigenvalue weighted by atomic mass is 32.1.